The highest BCUT2D eigenvalue weighted by Gasteiger charge is 2.71. The molecule has 0 aromatic heterocycles. The number of rotatable bonds is 29. The van der Waals surface area contributed by atoms with Gasteiger partial charge < -0.3 is 75.8 Å². The third-order valence-corrected chi connectivity index (χ3v) is 26.8. The first-order valence-electron chi connectivity index (χ1n) is 42.4. The SMILES string of the molecule is CC(=O)OC[C@H]1O[C@@H](OC(=O)[C@]23CCC(C)(C)C[C@H]2C2=CC[C@@H]4[C@@]5(C)CC[C@H](O[C@@H]6O[C@H](C(=O)OCc7ccccc7)[C@@H](OC(=O)c7ccccc7)[C@H](O[C@H](OCC(=O)OCc7ccccc7)[C@@H](OC(=O)c7ccccc7)C(=O)OCc7ccccc7)[C@H]6OC(=O)c6ccccc6)C(C)(C)[C@@H]5CC[C@@]4(C)[C@]2(C)CC3)[C@H](OC(C)=O)[C@@H](OC(C)=O)[C@@H]1OC(C)=O. The molecule has 6 fully saturated rings. The minimum Gasteiger partial charge on any atom is -0.463 e. The van der Waals surface area contributed by atoms with Gasteiger partial charge in [0.25, 0.3) is 0 Å². The largest absolute Gasteiger partial charge is 0.463 e. The van der Waals surface area contributed by atoms with E-state index in [2.05, 4.69) is 54.5 Å². The molecule has 2 saturated heterocycles. The number of esters is 11. The van der Waals surface area contributed by atoms with Crippen molar-refractivity contribution in [2.24, 2.45) is 50.2 Å². The fourth-order valence-corrected chi connectivity index (χ4v) is 20.4. The summed E-state index contributed by atoms with van der Waals surface area (Å²) in [6.07, 6.45) is -15.4. The number of carbonyl (C=O) groups excluding carboxylic acids is 11. The van der Waals surface area contributed by atoms with Crippen molar-refractivity contribution in [3.8, 4) is 0 Å². The lowest BCUT2D eigenvalue weighted by atomic mass is 9.33. The van der Waals surface area contributed by atoms with E-state index in [0.717, 1.165) is 26.3 Å². The van der Waals surface area contributed by atoms with Crippen LogP contribution in [0.3, 0.4) is 0 Å². The van der Waals surface area contributed by atoms with Crippen LogP contribution in [0.25, 0.3) is 0 Å². The van der Waals surface area contributed by atoms with Crippen LogP contribution in [0.15, 0.2) is 194 Å². The quantitative estimate of drug-likeness (QED) is 0.0138. The van der Waals surface area contributed by atoms with Gasteiger partial charge in [-0.1, -0.05) is 206 Å². The molecule has 0 radical (unpaired) electrons. The smallest absolute Gasteiger partial charge is 0.353 e. The van der Waals surface area contributed by atoms with E-state index in [9.17, 15) is 28.8 Å². The van der Waals surface area contributed by atoms with Crippen molar-refractivity contribution < 1.29 is 129 Å². The Morgan fingerprint density at radius 1 is 0.452 bits per heavy atom. The van der Waals surface area contributed by atoms with Crippen LogP contribution >= 0.6 is 0 Å². The minimum atomic E-state index is -2.32. The number of benzene rings is 6. The van der Waals surface area contributed by atoms with Crippen molar-refractivity contribution >= 4 is 65.7 Å². The Morgan fingerprint density at radius 3 is 1.51 bits per heavy atom. The lowest BCUT2D eigenvalue weighted by Gasteiger charge is -2.71. The molecule has 0 amide bonds. The summed E-state index contributed by atoms with van der Waals surface area (Å²) in [5.74, 6) is -10.8. The summed E-state index contributed by atoms with van der Waals surface area (Å²) in [6, 6.07) is 49.5. The Bertz CT molecular complexity index is 4830. The van der Waals surface area contributed by atoms with E-state index >= 15 is 24.0 Å². The van der Waals surface area contributed by atoms with Crippen molar-refractivity contribution in [1.82, 2.24) is 0 Å². The van der Waals surface area contributed by atoms with Crippen molar-refractivity contribution in [3.05, 3.63) is 227 Å². The van der Waals surface area contributed by atoms with Crippen LogP contribution in [0.4, 0.5) is 0 Å². The number of ether oxygens (including phenoxy) is 16. The second-order valence-electron chi connectivity index (χ2n) is 35.5. The van der Waals surface area contributed by atoms with Crippen molar-refractivity contribution in [3.63, 3.8) is 0 Å². The summed E-state index contributed by atoms with van der Waals surface area (Å²) in [7, 11) is 0. The van der Waals surface area contributed by atoms with E-state index in [1.807, 2.05) is 0 Å². The number of hydrogen-bond donors (Lipinski definition) is 0. The molecule has 660 valence electrons. The van der Waals surface area contributed by atoms with Gasteiger partial charge in [0.05, 0.1) is 28.2 Å². The Labute approximate surface area is 721 Å². The monoisotopic (exact) mass is 1710 g/mol. The van der Waals surface area contributed by atoms with E-state index in [1.54, 1.807) is 146 Å². The number of hydrogen-bond acceptors (Lipinski definition) is 27. The molecule has 2 heterocycles. The van der Waals surface area contributed by atoms with Crippen LogP contribution in [0.2, 0.25) is 0 Å². The van der Waals surface area contributed by atoms with Crippen LogP contribution in [-0.2, 0) is 134 Å². The van der Waals surface area contributed by atoms with Gasteiger partial charge in [-0.25, -0.2) is 28.8 Å². The van der Waals surface area contributed by atoms with Crippen molar-refractivity contribution in [1.29, 1.82) is 0 Å². The van der Waals surface area contributed by atoms with Crippen LogP contribution in [0.5, 0.6) is 0 Å². The van der Waals surface area contributed by atoms with Gasteiger partial charge in [-0.05, 0) is 162 Å². The number of allylic oxidation sites excluding steroid dienone is 2. The molecular formula is C97H110O27. The predicted octanol–water partition coefficient (Wildman–Crippen LogP) is 14.2. The fourth-order valence-electron chi connectivity index (χ4n) is 20.4. The molecule has 2 aliphatic heterocycles. The zero-order chi connectivity index (χ0) is 88.5. The topological polar surface area (TPSA) is 335 Å². The molecule has 6 aromatic rings. The van der Waals surface area contributed by atoms with E-state index in [0.29, 0.717) is 80.9 Å². The molecule has 27 nitrogen and oxygen atoms in total. The maximum Gasteiger partial charge on any atom is 0.353 e. The van der Waals surface area contributed by atoms with E-state index in [-0.39, 0.29) is 59.7 Å². The first kappa shape index (κ1) is 90.7. The lowest BCUT2D eigenvalue weighted by molar-refractivity contribution is -0.344. The van der Waals surface area contributed by atoms with Gasteiger partial charge in [0.15, 0.2) is 36.8 Å². The zero-order valence-electron chi connectivity index (χ0n) is 71.8. The predicted molar refractivity (Wildman–Crippen MR) is 441 cm³/mol. The van der Waals surface area contributed by atoms with Gasteiger partial charge in [0, 0.05) is 27.7 Å². The summed E-state index contributed by atoms with van der Waals surface area (Å²) in [6.45, 7) is 17.8. The molecule has 4 saturated carbocycles. The fraction of sp³-hybridized carbons (Fsp3) is 0.495. The molecule has 20 atom stereocenters. The van der Waals surface area contributed by atoms with Gasteiger partial charge in [0.1, 0.15) is 45.2 Å². The average Bonchev–Trinajstić information content (AvgIpc) is 0.673. The molecule has 0 bridgehead atoms. The third-order valence-electron chi connectivity index (χ3n) is 26.8. The maximum absolute atomic E-state index is 15.9. The summed E-state index contributed by atoms with van der Waals surface area (Å²) in [5.41, 5.74) is -0.779. The van der Waals surface area contributed by atoms with Gasteiger partial charge in [-0.2, -0.15) is 0 Å². The van der Waals surface area contributed by atoms with Crippen molar-refractivity contribution in [2.75, 3.05) is 13.2 Å². The summed E-state index contributed by atoms with van der Waals surface area (Å²) in [4.78, 5) is 157. The summed E-state index contributed by atoms with van der Waals surface area (Å²) in [5, 5.41) is 0. The molecule has 124 heavy (non-hydrogen) atoms. The summed E-state index contributed by atoms with van der Waals surface area (Å²) < 4.78 is 101. The van der Waals surface area contributed by atoms with Crippen LogP contribution < -0.4 is 0 Å². The lowest BCUT2D eigenvalue weighted by Crippen LogP contribution is -2.67. The highest BCUT2D eigenvalue weighted by atomic mass is 16.8. The summed E-state index contributed by atoms with van der Waals surface area (Å²) >= 11 is 0. The second kappa shape index (κ2) is 38.7. The Hall–Kier alpha value is -11.0. The van der Waals surface area contributed by atoms with Crippen LogP contribution in [0, 0.1) is 50.2 Å². The normalized spacial score (nSPS) is 29.9. The molecule has 0 unspecified atom stereocenters. The highest BCUT2D eigenvalue weighted by Crippen LogP contribution is 2.76. The first-order valence-corrected chi connectivity index (χ1v) is 42.4. The molecule has 7 aliphatic rings. The van der Waals surface area contributed by atoms with E-state index in [4.69, 9.17) is 75.8 Å². The number of fused-ring (bicyclic) bond motifs is 7. The Morgan fingerprint density at radius 2 is 0.952 bits per heavy atom. The Balaban J connectivity index is 0.871. The highest BCUT2D eigenvalue weighted by molar-refractivity contribution is 5.92. The zero-order valence-corrected chi connectivity index (χ0v) is 71.8. The van der Waals surface area contributed by atoms with Crippen LogP contribution in [0.1, 0.15) is 188 Å². The van der Waals surface area contributed by atoms with Gasteiger partial charge in [-0.3, -0.25) is 24.0 Å². The van der Waals surface area contributed by atoms with Crippen LogP contribution in [-0.4, -0.2) is 159 Å². The first-order chi connectivity index (χ1) is 59.2. The third kappa shape index (κ3) is 20.0. The maximum atomic E-state index is 15.9. The van der Waals surface area contributed by atoms with Gasteiger partial charge in [0.2, 0.25) is 24.8 Å². The molecule has 6 aromatic carbocycles. The second-order valence-corrected chi connectivity index (χ2v) is 35.5. The van der Waals surface area contributed by atoms with E-state index in [1.165, 1.54) is 43.3 Å². The van der Waals surface area contributed by atoms with E-state index < -0.39 is 186 Å². The molecule has 0 N–H and O–H groups in total. The van der Waals surface area contributed by atoms with Gasteiger partial charge >= 0.3 is 65.7 Å². The standard InChI is InChI=1S/C97H110O27/c1-58(98)109-56-70-75(114-59(2)99)76(115-60(3)100)80(116-61(4)101)89(117-70)124-91(108)97-50-48-92(5,6)52-69(97)68-42-43-72-94(9)46-45-73(93(7,8)71(94)44-47-96(72,11)95(68,10)49-51-97)118-90-81(120-84(104)66-38-26-16-27-39-66)78(77(119-83(103)65-36-24-15-25-37-65)79(123-90)86(106)111-54-63-32-20-13-21-33-63)122-88(113-57-74(102)110-53-62-30-18-12-19-31-62)82(121-85(105)67-40-28-17-29-41-67)87(107)112-55-64-34-22-14-23-35-64/h12-42,69-73,75-82,88-90H,43-57H2,1-11H3/t69-,70+,71-,72+,73-,75+,76-,77-,78-,79-,80+,81+,82-,88-,89-,90+,94-,95+,96+,97-/m0/s1. The molecule has 0 spiro atoms. The average molecular weight is 1710 g/mol. The van der Waals surface area contributed by atoms with Crippen molar-refractivity contribution in [2.45, 2.75) is 240 Å². The Kier molecular flexibility index (Phi) is 28.3. The molecule has 5 aliphatic carbocycles. The minimum absolute atomic E-state index is 0.0154. The molecule has 27 heteroatoms. The number of carbonyl (C=O) groups is 11. The molecular weight excluding hydrogens is 1600 g/mol. The molecule has 13 rings (SSSR count). The van der Waals surface area contributed by atoms with Gasteiger partial charge in [-0.15, -0.1) is 0 Å².